The molecule has 18 heavy (non-hydrogen) atoms. The Balaban J connectivity index is 2.33. The lowest BCUT2D eigenvalue weighted by Crippen LogP contribution is -2.07. The van der Waals surface area contributed by atoms with Crippen LogP contribution in [0.1, 0.15) is 10.8 Å². The SMILES string of the molecule is N#CC(NO)=C1SC(c2ccccc2Cl)CS1=N. The molecule has 2 atom stereocenters. The van der Waals surface area contributed by atoms with Crippen LogP contribution in [0.15, 0.2) is 34.2 Å². The molecule has 0 radical (unpaired) electrons. The minimum atomic E-state index is -0.790. The van der Waals surface area contributed by atoms with E-state index in [9.17, 15) is 0 Å². The highest BCUT2D eigenvalue weighted by atomic mass is 35.5. The first-order valence-corrected chi connectivity index (χ1v) is 7.70. The average Bonchev–Trinajstić information content (AvgIpc) is 2.74. The van der Waals surface area contributed by atoms with E-state index >= 15 is 0 Å². The van der Waals surface area contributed by atoms with Crippen molar-refractivity contribution in [2.45, 2.75) is 5.25 Å². The molecular formula is C11H10ClN3OS2. The highest BCUT2D eigenvalue weighted by molar-refractivity contribution is 8.19. The molecule has 1 aromatic carbocycles. The monoisotopic (exact) mass is 299 g/mol. The molecule has 3 N–H and O–H groups in total. The van der Waals surface area contributed by atoms with E-state index in [1.165, 1.54) is 11.8 Å². The Bertz CT molecular complexity index is 568. The summed E-state index contributed by atoms with van der Waals surface area (Å²) in [6.07, 6.45) is 0. The smallest absolute Gasteiger partial charge is 0.158 e. The van der Waals surface area contributed by atoms with Crippen molar-refractivity contribution in [2.24, 2.45) is 0 Å². The highest BCUT2D eigenvalue weighted by Gasteiger charge is 2.29. The van der Waals surface area contributed by atoms with Gasteiger partial charge in [-0.2, -0.15) is 5.26 Å². The summed E-state index contributed by atoms with van der Waals surface area (Å²) in [6, 6.07) is 9.37. The molecule has 0 saturated carbocycles. The second-order valence-corrected chi connectivity index (χ2v) is 6.97. The van der Waals surface area contributed by atoms with Crippen molar-refractivity contribution in [1.82, 2.24) is 5.48 Å². The van der Waals surface area contributed by atoms with Gasteiger partial charge < -0.3 is 0 Å². The molecule has 4 nitrogen and oxygen atoms in total. The number of allylic oxidation sites excluding steroid dienone is 1. The largest absolute Gasteiger partial charge is 0.290 e. The lowest BCUT2D eigenvalue weighted by atomic mass is 10.2. The van der Waals surface area contributed by atoms with E-state index in [0.29, 0.717) is 15.0 Å². The molecule has 2 unspecified atom stereocenters. The number of hydrogen-bond donors (Lipinski definition) is 3. The maximum Gasteiger partial charge on any atom is 0.158 e. The maximum absolute atomic E-state index is 8.87. The first-order valence-electron chi connectivity index (χ1n) is 5.05. The van der Waals surface area contributed by atoms with Crippen LogP contribution in [0.5, 0.6) is 0 Å². The fraction of sp³-hybridized carbons (Fsp3) is 0.182. The van der Waals surface area contributed by atoms with E-state index in [-0.39, 0.29) is 10.9 Å². The van der Waals surface area contributed by atoms with Crippen molar-refractivity contribution in [3.8, 4) is 6.07 Å². The number of thioether (sulfide) groups is 1. The van der Waals surface area contributed by atoms with Crippen LogP contribution in [0, 0.1) is 16.1 Å². The lowest BCUT2D eigenvalue weighted by molar-refractivity contribution is 0.206. The van der Waals surface area contributed by atoms with Gasteiger partial charge >= 0.3 is 0 Å². The van der Waals surface area contributed by atoms with Gasteiger partial charge in [-0.15, -0.1) is 11.8 Å². The van der Waals surface area contributed by atoms with Crippen LogP contribution in [0.2, 0.25) is 5.02 Å². The van der Waals surface area contributed by atoms with Crippen molar-refractivity contribution in [3.05, 3.63) is 44.8 Å². The van der Waals surface area contributed by atoms with Gasteiger partial charge in [0.25, 0.3) is 0 Å². The third-order valence-corrected chi connectivity index (χ3v) is 6.36. The van der Waals surface area contributed by atoms with Gasteiger partial charge in [0, 0.05) is 16.0 Å². The molecule has 0 amide bonds. The summed E-state index contributed by atoms with van der Waals surface area (Å²) in [5.74, 6) is 0.608. The molecule has 7 heteroatoms. The Morgan fingerprint density at radius 2 is 2.33 bits per heavy atom. The highest BCUT2D eigenvalue weighted by Crippen LogP contribution is 2.47. The molecule has 2 rings (SSSR count). The number of hydroxylamine groups is 1. The molecule has 0 aromatic heterocycles. The zero-order valence-corrected chi connectivity index (χ0v) is 11.6. The van der Waals surface area contributed by atoms with E-state index in [1.807, 2.05) is 35.8 Å². The van der Waals surface area contributed by atoms with E-state index < -0.39 is 10.7 Å². The van der Waals surface area contributed by atoms with Gasteiger partial charge in [0.15, 0.2) is 5.70 Å². The number of hydrogen-bond acceptors (Lipinski definition) is 5. The van der Waals surface area contributed by atoms with Crippen LogP contribution >= 0.6 is 23.4 Å². The summed E-state index contributed by atoms with van der Waals surface area (Å²) in [4.78, 5) is 0. The first-order chi connectivity index (χ1) is 8.67. The van der Waals surface area contributed by atoms with E-state index in [0.717, 1.165) is 5.56 Å². The van der Waals surface area contributed by atoms with Crippen molar-refractivity contribution >= 4 is 34.1 Å². The molecule has 1 fully saturated rings. The van der Waals surface area contributed by atoms with Crippen LogP contribution in [0.25, 0.3) is 0 Å². The first kappa shape index (κ1) is 13.4. The standard InChI is InChI=1S/C11H10ClN3OS2/c12-8-4-2-1-3-7(8)10-6-18(14)11(17-10)9(5-13)15-16/h1-4,10,14-16H,6H2. The average molecular weight is 300 g/mol. The molecule has 1 aromatic rings. The van der Waals surface area contributed by atoms with Crippen molar-refractivity contribution in [2.75, 3.05) is 5.75 Å². The molecule has 1 aliphatic heterocycles. The summed E-state index contributed by atoms with van der Waals surface area (Å²) >= 11 is 7.55. The number of nitrogens with zero attached hydrogens (tertiary/aromatic N) is 1. The van der Waals surface area contributed by atoms with Crippen LogP contribution in [0.3, 0.4) is 0 Å². The zero-order chi connectivity index (χ0) is 13.1. The molecule has 0 aliphatic carbocycles. The van der Waals surface area contributed by atoms with E-state index in [1.54, 1.807) is 0 Å². The summed E-state index contributed by atoms with van der Waals surface area (Å²) in [5.41, 5.74) is 2.90. The van der Waals surface area contributed by atoms with E-state index in [2.05, 4.69) is 0 Å². The number of halogens is 1. The molecular weight excluding hydrogens is 290 g/mol. The van der Waals surface area contributed by atoms with Gasteiger partial charge in [0.2, 0.25) is 0 Å². The van der Waals surface area contributed by atoms with Crippen molar-refractivity contribution < 1.29 is 5.21 Å². The molecule has 94 valence electrons. The molecule has 0 spiro atoms. The summed E-state index contributed by atoms with van der Waals surface area (Å²) in [6.45, 7) is 0. The molecule has 0 bridgehead atoms. The summed E-state index contributed by atoms with van der Waals surface area (Å²) in [5, 5.41) is 18.5. The fourth-order valence-electron chi connectivity index (χ4n) is 1.64. The van der Waals surface area contributed by atoms with Crippen molar-refractivity contribution in [3.63, 3.8) is 0 Å². The normalized spacial score (nSPS) is 25.6. The Kier molecular flexibility index (Phi) is 4.30. The Morgan fingerprint density at radius 1 is 1.61 bits per heavy atom. The van der Waals surface area contributed by atoms with Gasteiger partial charge in [-0.3, -0.25) is 15.5 Å². The molecule has 1 saturated heterocycles. The minimum Gasteiger partial charge on any atom is -0.290 e. The third kappa shape index (κ3) is 2.54. The third-order valence-electron chi connectivity index (χ3n) is 2.47. The van der Waals surface area contributed by atoms with Crippen LogP contribution in [-0.2, 0) is 10.7 Å². The van der Waals surface area contributed by atoms with Gasteiger partial charge in [0.05, 0.1) is 4.24 Å². The van der Waals surface area contributed by atoms with Crippen molar-refractivity contribution in [1.29, 1.82) is 10.0 Å². The Hall–Kier alpha value is -1.00. The van der Waals surface area contributed by atoms with Gasteiger partial charge in [-0.05, 0) is 11.6 Å². The van der Waals surface area contributed by atoms with Crippen LogP contribution in [-0.4, -0.2) is 11.0 Å². The zero-order valence-electron chi connectivity index (χ0n) is 9.18. The predicted octanol–water partition coefficient (Wildman–Crippen LogP) is 3.18. The number of nitrogens with one attached hydrogen (secondary N) is 2. The lowest BCUT2D eigenvalue weighted by Gasteiger charge is -2.09. The fourth-order valence-corrected chi connectivity index (χ4v) is 5.44. The topological polar surface area (TPSA) is 79.9 Å². The van der Waals surface area contributed by atoms with E-state index in [4.69, 9.17) is 26.8 Å². The maximum atomic E-state index is 8.87. The minimum absolute atomic E-state index is 0.0613. The molecule has 1 heterocycles. The quantitative estimate of drug-likeness (QED) is 0.579. The van der Waals surface area contributed by atoms with Crippen LogP contribution in [0.4, 0.5) is 0 Å². The van der Waals surface area contributed by atoms with Crippen LogP contribution < -0.4 is 5.48 Å². The number of benzene rings is 1. The number of nitriles is 1. The van der Waals surface area contributed by atoms with Gasteiger partial charge in [0.1, 0.15) is 6.07 Å². The van der Waals surface area contributed by atoms with Gasteiger partial charge in [-0.1, -0.05) is 40.5 Å². The number of rotatable bonds is 2. The second-order valence-electron chi connectivity index (χ2n) is 3.57. The Morgan fingerprint density at radius 3 is 2.94 bits per heavy atom. The predicted molar refractivity (Wildman–Crippen MR) is 74.3 cm³/mol. The summed E-state index contributed by atoms with van der Waals surface area (Å²) < 4.78 is 8.57. The summed E-state index contributed by atoms with van der Waals surface area (Å²) in [7, 11) is -0.790. The van der Waals surface area contributed by atoms with Gasteiger partial charge in [-0.25, -0.2) is 0 Å². The molecule has 1 aliphatic rings. The Labute approximate surface area is 116 Å². The second kappa shape index (κ2) is 5.76.